The third-order valence-electron chi connectivity index (χ3n) is 2.96. The van der Waals surface area contributed by atoms with E-state index in [0.717, 1.165) is 12.8 Å². The molecule has 18 heavy (non-hydrogen) atoms. The van der Waals surface area contributed by atoms with Crippen molar-refractivity contribution in [1.82, 2.24) is 0 Å². The van der Waals surface area contributed by atoms with Crippen LogP contribution in [-0.4, -0.2) is 25.7 Å². The molecule has 3 aliphatic heterocycles. The molecule has 0 radical (unpaired) electrons. The average Bonchev–Trinajstić information content (AvgIpc) is 2.39. The first-order valence-electron chi connectivity index (χ1n) is 5.66. The molecule has 3 saturated heterocycles. The van der Waals surface area contributed by atoms with Gasteiger partial charge in [-0.1, -0.05) is 19.8 Å². The molecular weight excluding hydrogens is 235 g/mol. The quantitative estimate of drug-likeness (QED) is 0.545. The molecule has 0 atom stereocenters. The number of rotatable bonds is 3. The van der Waals surface area contributed by atoms with Gasteiger partial charge in [-0.05, 0) is 6.42 Å². The number of aliphatic imine (C=N–C) groups is 2. The maximum atomic E-state index is 8.70. The minimum Gasteiger partial charge on any atom is -0.488 e. The number of hydrogen-bond donors (Lipinski definition) is 0. The fourth-order valence-electron chi connectivity index (χ4n) is 2.05. The predicted molar refractivity (Wildman–Crippen MR) is 61.9 cm³/mol. The average molecular weight is 246 g/mol. The Morgan fingerprint density at radius 3 is 2.39 bits per heavy atom. The van der Waals surface area contributed by atoms with E-state index in [-0.39, 0.29) is 18.4 Å². The molecule has 92 valence electrons. The minimum atomic E-state index is -0.965. The number of nitrogens with zero attached hydrogens (tertiary/aromatic N) is 4. The van der Waals surface area contributed by atoms with Crippen LogP contribution in [0.2, 0.25) is 0 Å². The lowest BCUT2D eigenvalue weighted by atomic mass is 9.78. The van der Waals surface area contributed by atoms with Gasteiger partial charge in [-0.2, -0.15) is 10.5 Å². The minimum absolute atomic E-state index is 0.231. The molecule has 0 aromatic rings. The van der Waals surface area contributed by atoms with Crippen LogP contribution in [-0.2, 0) is 14.0 Å². The van der Waals surface area contributed by atoms with Crippen molar-refractivity contribution >= 4 is 19.1 Å². The van der Waals surface area contributed by atoms with E-state index >= 15 is 0 Å². The zero-order valence-corrected chi connectivity index (χ0v) is 9.92. The van der Waals surface area contributed by atoms with Crippen LogP contribution >= 0.6 is 0 Å². The monoisotopic (exact) mass is 246 g/mol. The first-order chi connectivity index (χ1) is 8.76. The molecule has 0 aliphatic carbocycles. The van der Waals surface area contributed by atoms with Gasteiger partial charge in [0.05, 0.1) is 6.61 Å². The van der Waals surface area contributed by atoms with Crippen molar-refractivity contribution in [3.8, 4) is 12.4 Å². The van der Waals surface area contributed by atoms with Crippen LogP contribution in [0.15, 0.2) is 9.98 Å². The van der Waals surface area contributed by atoms with Crippen LogP contribution in [0.1, 0.15) is 26.2 Å². The molecule has 0 unspecified atom stereocenters. The fraction of sp³-hybridized carbons (Fsp3) is 0.600. The van der Waals surface area contributed by atoms with E-state index in [1.807, 2.05) is 6.92 Å². The van der Waals surface area contributed by atoms with Crippen molar-refractivity contribution < 1.29 is 14.0 Å². The molecule has 0 saturated carbocycles. The second-order valence-corrected chi connectivity index (χ2v) is 4.05. The first kappa shape index (κ1) is 12.4. The van der Waals surface area contributed by atoms with Crippen molar-refractivity contribution in [2.24, 2.45) is 15.4 Å². The predicted octanol–water partition coefficient (Wildman–Crippen LogP) is 0.984. The zero-order chi connectivity index (χ0) is 13.0. The summed E-state index contributed by atoms with van der Waals surface area (Å²) in [5, 5.41) is 17.4. The molecule has 3 fully saturated rings. The molecule has 0 aromatic heterocycles. The van der Waals surface area contributed by atoms with Gasteiger partial charge in [0.2, 0.25) is 24.2 Å². The number of hydrogen-bond acceptors (Lipinski definition) is 7. The van der Waals surface area contributed by atoms with Crippen molar-refractivity contribution in [2.75, 3.05) is 6.61 Å². The molecule has 0 amide bonds. The second kappa shape index (κ2) is 5.07. The highest BCUT2D eigenvalue weighted by atomic mass is 16.8. The van der Waals surface area contributed by atoms with E-state index in [4.69, 9.17) is 24.5 Å². The zero-order valence-electron chi connectivity index (χ0n) is 9.92. The van der Waals surface area contributed by atoms with Crippen molar-refractivity contribution in [2.45, 2.75) is 26.2 Å². The molecule has 0 spiro atoms. The van der Waals surface area contributed by atoms with Crippen LogP contribution in [0.25, 0.3) is 0 Å². The van der Waals surface area contributed by atoms with Gasteiger partial charge in [0, 0.05) is 0 Å². The van der Waals surface area contributed by atoms with E-state index in [2.05, 4.69) is 9.98 Å². The lowest BCUT2D eigenvalue weighted by Crippen LogP contribution is -2.61. The Balaban J connectivity index is 2.40. The largest absolute Gasteiger partial charge is 0.789 e. The third kappa shape index (κ3) is 1.91. The number of unbranched alkanes of at least 4 members (excludes halogenated alkanes) is 1. The SMILES string of the molecule is CCCCC12COB(O/C1=N\C#N)O/C2=N\C#N. The topological polar surface area (TPSA) is 100.0 Å². The van der Waals surface area contributed by atoms with E-state index in [1.54, 1.807) is 12.4 Å². The van der Waals surface area contributed by atoms with Gasteiger partial charge in [-0.3, -0.25) is 0 Å². The van der Waals surface area contributed by atoms with Gasteiger partial charge < -0.3 is 14.0 Å². The summed E-state index contributed by atoms with van der Waals surface area (Å²) in [6.45, 7) is 2.30. The molecule has 0 N–H and O–H groups in total. The van der Waals surface area contributed by atoms with E-state index in [9.17, 15) is 0 Å². The second-order valence-electron chi connectivity index (χ2n) is 4.05. The Kier molecular flexibility index (Phi) is 3.49. The fourth-order valence-corrected chi connectivity index (χ4v) is 2.05. The maximum absolute atomic E-state index is 8.70. The lowest BCUT2D eigenvalue weighted by Gasteiger charge is -2.43. The highest BCUT2D eigenvalue weighted by molar-refractivity contribution is 6.47. The Labute approximate surface area is 105 Å². The van der Waals surface area contributed by atoms with Crippen molar-refractivity contribution in [3.63, 3.8) is 0 Å². The molecule has 2 bridgehead atoms. The molecule has 8 heteroatoms. The smallest absolute Gasteiger partial charge is 0.488 e. The molecule has 3 aliphatic rings. The van der Waals surface area contributed by atoms with Crippen LogP contribution in [0.4, 0.5) is 0 Å². The summed E-state index contributed by atoms with van der Waals surface area (Å²) in [5.74, 6) is 0.463. The van der Waals surface area contributed by atoms with Gasteiger partial charge in [0.1, 0.15) is 5.41 Å². The van der Waals surface area contributed by atoms with Crippen LogP contribution in [0, 0.1) is 28.3 Å². The highest BCUT2D eigenvalue weighted by Crippen LogP contribution is 2.39. The summed E-state index contributed by atoms with van der Waals surface area (Å²) in [7, 11) is -0.965. The van der Waals surface area contributed by atoms with Crippen molar-refractivity contribution in [1.29, 1.82) is 10.5 Å². The first-order valence-corrected chi connectivity index (χ1v) is 5.66. The summed E-state index contributed by atoms with van der Waals surface area (Å²) in [6, 6.07) is 0. The van der Waals surface area contributed by atoms with E-state index in [0.29, 0.717) is 6.42 Å². The van der Waals surface area contributed by atoms with Crippen molar-refractivity contribution in [3.05, 3.63) is 0 Å². The van der Waals surface area contributed by atoms with Crippen LogP contribution in [0.5, 0.6) is 0 Å². The van der Waals surface area contributed by atoms with Gasteiger partial charge in [0.15, 0.2) is 0 Å². The van der Waals surface area contributed by atoms with E-state index < -0.39 is 12.7 Å². The van der Waals surface area contributed by atoms with Crippen LogP contribution < -0.4 is 0 Å². The van der Waals surface area contributed by atoms with Gasteiger partial charge in [0.25, 0.3) is 0 Å². The van der Waals surface area contributed by atoms with E-state index in [1.165, 1.54) is 0 Å². The Hall–Kier alpha value is -2.06. The third-order valence-corrected chi connectivity index (χ3v) is 2.96. The molecule has 3 rings (SSSR count). The standard InChI is InChI=1S/C10H11BN4O3/c1-2-3-4-10-5-16-11(17-8(10)14-6-12)18-9(10)15-7-13/h2-5H2,1H3/b14-8-,15-9-. The number of fused-ring (bicyclic) bond motifs is 3. The van der Waals surface area contributed by atoms with Gasteiger partial charge >= 0.3 is 7.32 Å². The summed E-state index contributed by atoms with van der Waals surface area (Å²) in [4.78, 5) is 7.35. The molecule has 3 heterocycles. The highest BCUT2D eigenvalue weighted by Gasteiger charge is 2.59. The molecule has 7 nitrogen and oxygen atoms in total. The number of nitriles is 2. The van der Waals surface area contributed by atoms with Crippen LogP contribution in [0.3, 0.4) is 0 Å². The Bertz CT molecular complexity index is 442. The summed E-state index contributed by atoms with van der Waals surface area (Å²) >= 11 is 0. The maximum Gasteiger partial charge on any atom is 0.789 e. The van der Waals surface area contributed by atoms with Gasteiger partial charge in [-0.15, -0.1) is 9.98 Å². The summed E-state index contributed by atoms with van der Waals surface area (Å²) in [5.41, 5.74) is -0.837. The Morgan fingerprint density at radius 1 is 1.28 bits per heavy atom. The summed E-state index contributed by atoms with van der Waals surface area (Å²) < 4.78 is 15.9. The normalized spacial score (nSPS) is 24.3. The Morgan fingerprint density at radius 2 is 1.89 bits per heavy atom. The summed E-state index contributed by atoms with van der Waals surface area (Å²) in [6.07, 6.45) is 5.81. The van der Waals surface area contributed by atoms with Gasteiger partial charge in [-0.25, -0.2) is 0 Å². The lowest BCUT2D eigenvalue weighted by molar-refractivity contribution is 0.0663. The molecule has 0 aromatic carbocycles. The molecular formula is C10H11BN4O3.